The van der Waals surface area contributed by atoms with Gasteiger partial charge in [0, 0.05) is 27.5 Å². The molecule has 0 saturated carbocycles. The number of furan rings is 1. The summed E-state index contributed by atoms with van der Waals surface area (Å²) in [4.78, 5) is 10.5. The first-order valence-electron chi connectivity index (χ1n) is 17.9. The molecule has 53 heavy (non-hydrogen) atoms. The standard InChI is InChI=1S/C49H33N3O/c1-3-10-32(11-4-1)34-18-20-35(21-19-34)36-22-25-38(26-23-36)48-50-47(37-13-5-2-6-14-37)51-49(52-48)43-16-9-17-44-46(43)42-29-28-41(31-45(42)53-44)40-27-24-33-12-7-8-15-39(33)30-40/h1-31,49H,(H,50,51,52). The first kappa shape index (κ1) is 30.8. The molecule has 1 aromatic heterocycles. The zero-order chi connectivity index (χ0) is 35.1. The predicted octanol–water partition coefficient (Wildman–Crippen LogP) is 12.2. The van der Waals surface area contributed by atoms with Crippen LogP contribution in [0.2, 0.25) is 0 Å². The summed E-state index contributed by atoms with van der Waals surface area (Å²) in [5.74, 6) is 1.56. The Balaban J connectivity index is 1.02. The van der Waals surface area contributed by atoms with Crippen LogP contribution in [0.15, 0.2) is 202 Å². The van der Waals surface area contributed by atoms with Crippen LogP contribution in [-0.2, 0) is 0 Å². The van der Waals surface area contributed by atoms with Gasteiger partial charge in [-0.2, -0.15) is 0 Å². The number of amidine groups is 2. The minimum atomic E-state index is -0.476. The Morgan fingerprint density at radius 3 is 1.57 bits per heavy atom. The Bertz CT molecular complexity index is 2830. The van der Waals surface area contributed by atoms with Crippen LogP contribution in [-0.4, -0.2) is 11.7 Å². The van der Waals surface area contributed by atoms with Gasteiger partial charge in [0.15, 0.2) is 6.17 Å². The average Bonchev–Trinajstić information content (AvgIpc) is 3.62. The molecule has 4 heteroatoms. The second-order valence-electron chi connectivity index (χ2n) is 13.4. The van der Waals surface area contributed by atoms with Crippen LogP contribution in [0, 0.1) is 0 Å². The lowest BCUT2D eigenvalue weighted by Crippen LogP contribution is -2.36. The summed E-state index contributed by atoms with van der Waals surface area (Å²) in [6, 6.07) is 65.8. The lowest BCUT2D eigenvalue weighted by Gasteiger charge is -2.23. The van der Waals surface area contributed by atoms with E-state index in [9.17, 15) is 0 Å². The quantitative estimate of drug-likeness (QED) is 0.190. The molecule has 0 saturated heterocycles. The Morgan fingerprint density at radius 2 is 0.887 bits per heavy atom. The van der Waals surface area contributed by atoms with Crippen molar-refractivity contribution in [1.29, 1.82) is 0 Å². The highest BCUT2D eigenvalue weighted by Gasteiger charge is 2.24. The molecule has 0 spiro atoms. The van der Waals surface area contributed by atoms with Crippen molar-refractivity contribution in [2.75, 3.05) is 0 Å². The molecule has 0 radical (unpaired) electrons. The molecule has 10 rings (SSSR count). The Hall–Kier alpha value is -7.04. The van der Waals surface area contributed by atoms with Gasteiger partial charge in [0.05, 0.1) is 0 Å². The van der Waals surface area contributed by atoms with Crippen LogP contribution in [0.1, 0.15) is 22.9 Å². The van der Waals surface area contributed by atoms with Crippen LogP contribution < -0.4 is 5.32 Å². The molecule has 8 aromatic carbocycles. The zero-order valence-electron chi connectivity index (χ0n) is 28.8. The number of aliphatic imine (C=N–C) groups is 2. The van der Waals surface area contributed by atoms with Crippen LogP contribution in [0.5, 0.6) is 0 Å². The second-order valence-corrected chi connectivity index (χ2v) is 13.4. The molecule has 1 unspecified atom stereocenters. The smallest absolute Gasteiger partial charge is 0.170 e. The Kier molecular flexibility index (Phi) is 7.51. The highest BCUT2D eigenvalue weighted by Crippen LogP contribution is 2.39. The van der Waals surface area contributed by atoms with Crippen molar-refractivity contribution in [3.63, 3.8) is 0 Å². The van der Waals surface area contributed by atoms with Gasteiger partial charge in [-0.15, -0.1) is 0 Å². The third-order valence-corrected chi connectivity index (χ3v) is 10.2. The van der Waals surface area contributed by atoms with Gasteiger partial charge in [0.1, 0.15) is 22.8 Å². The maximum Gasteiger partial charge on any atom is 0.170 e. The van der Waals surface area contributed by atoms with Crippen molar-refractivity contribution in [1.82, 2.24) is 5.32 Å². The van der Waals surface area contributed by atoms with Gasteiger partial charge >= 0.3 is 0 Å². The van der Waals surface area contributed by atoms with E-state index in [1.807, 2.05) is 36.4 Å². The van der Waals surface area contributed by atoms with E-state index in [2.05, 4.69) is 157 Å². The third-order valence-electron chi connectivity index (χ3n) is 10.2. The maximum atomic E-state index is 6.53. The zero-order valence-corrected chi connectivity index (χ0v) is 28.8. The van der Waals surface area contributed by atoms with E-state index in [1.165, 1.54) is 27.5 Å². The summed E-state index contributed by atoms with van der Waals surface area (Å²) < 4.78 is 6.53. The summed E-state index contributed by atoms with van der Waals surface area (Å²) in [7, 11) is 0. The lowest BCUT2D eigenvalue weighted by atomic mass is 9.98. The number of rotatable bonds is 6. The van der Waals surface area contributed by atoms with Crippen molar-refractivity contribution in [3.8, 4) is 33.4 Å². The second kappa shape index (κ2) is 12.9. The summed E-state index contributed by atoms with van der Waals surface area (Å²) in [6.07, 6.45) is -0.476. The van der Waals surface area contributed by atoms with Crippen molar-refractivity contribution in [3.05, 3.63) is 205 Å². The number of hydrogen-bond acceptors (Lipinski definition) is 4. The largest absolute Gasteiger partial charge is 0.456 e. The monoisotopic (exact) mass is 679 g/mol. The van der Waals surface area contributed by atoms with Crippen molar-refractivity contribution in [2.45, 2.75) is 6.17 Å². The van der Waals surface area contributed by atoms with Gasteiger partial charge in [-0.25, -0.2) is 9.98 Å². The normalized spacial score (nSPS) is 14.2. The third kappa shape index (κ3) is 5.77. The number of nitrogens with one attached hydrogen (secondary N) is 1. The average molecular weight is 680 g/mol. The molecule has 1 aliphatic rings. The molecule has 9 aromatic rings. The van der Waals surface area contributed by atoms with E-state index in [0.717, 1.165) is 67.0 Å². The summed E-state index contributed by atoms with van der Waals surface area (Å²) in [6.45, 7) is 0. The molecule has 1 N–H and O–H groups in total. The number of benzene rings is 8. The van der Waals surface area contributed by atoms with E-state index in [-0.39, 0.29) is 0 Å². The molecule has 1 atom stereocenters. The number of hydrogen-bond donors (Lipinski definition) is 1. The molecule has 0 bridgehead atoms. The molecule has 1 aliphatic heterocycles. The minimum Gasteiger partial charge on any atom is -0.456 e. The predicted molar refractivity (Wildman–Crippen MR) is 219 cm³/mol. The molecule has 2 heterocycles. The van der Waals surface area contributed by atoms with E-state index in [1.54, 1.807) is 0 Å². The Morgan fingerprint density at radius 1 is 0.377 bits per heavy atom. The number of fused-ring (bicyclic) bond motifs is 4. The van der Waals surface area contributed by atoms with Crippen LogP contribution in [0.3, 0.4) is 0 Å². The first-order valence-corrected chi connectivity index (χ1v) is 17.9. The van der Waals surface area contributed by atoms with E-state index in [0.29, 0.717) is 0 Å². The first-order chi connectivity index (χ1) is 26.2. The summed E-state index contributed by atoms with van der Waals surface area (Å²) in [5.41, 5.74) is 11.7. The van der Waals surface area contributed by atoms with Crippen LogP contribution >= 0.6 is 0 Å². The fourth-order valence-corrected chi connectivity index (χ4v) is 7.40. The van der Waals surface area contributed by atoms with Crippen LogP contribution in [0.25, 0.3) is 66.1 Å². The lowest BCUT2D eigenvalue weighted by molar-refractivity contribution is 0.668. The van der Waals surface area contributed by atoms with Gasteiger partial charge in [-0.05, 0) is 68.4 Å². The van der Waals surface area contributed by atoms with Gasteiger partial charge in [0.2, 0.25) is 0 Å². The van der Waals surface area contributed by atoms with E-state index in [4.69, 9.17) is 14.4 Å². The Labute approximate surface area is 307 Å². The SMILES string of the molecule is c1ccc(C2=NC(c3cccc4oc5cc(-c6ccc7ccccc7c6)ccc5c34)N=C(c3ccc(-c4ccc(-c5ccccc5)cc4)cc3)N2)cc1. The minimum absolute atomic E-state index is 0.476. The summed E-state index contributed by atoms with van der Waals surface area (Å²) >= 11 is 0. The highest BCUT2D eigenvalue weighted by molar-refractivity contribution is 6.16. The fourth-order valence-electron chi connectivity index (χ4n) is 7.40. The summed E-state index contributed by atoms with van der Waals surface area (Å²) in [5, 5.41) is 8.10. The molecule has 0 amide bonds. The van der Waals surface area contributed by atoms with Gasteiger partial charge in [0.25, 0.3) is 0 Å². The molecule has 250 valence electrons. The fraction of sp³-hybridized carbons (Fsp3) is 0.0204. The highest BCUT2D eigenvalue weighted by atomic mass is 16.3. The van der Waals surface area contributed by atoms with Gasteiger partial charge < -0.3 is 9.73 Å². The van der Waals surface area contributed by atoms with Crippen molar-refractivity contribution in [2.24, 2.45) is 9.98 Å². The topological polar surface area (TPSA) is 49.9 Å². The van der Waals surface area contributed by atoms with E-state index >= 15 is 0 Å². The molecule has 0 aliphatic carbocycles. The van der Waals surface area contributed by atoms with E-state index < -0.39 is 6.17 Å². The number of nitrogens with zero attached hydrogens (tertiary/aromatic N) is 2. The van der Waals surface area contributed by atoms with Crippen molar-refractivity contribution < 1.29 is 4.42 Å². The molecule has 0 fully saturated rings. The molecular weight excluding hydrogens is 647 g/mol. The molecule has 4 nitrogen and oxygen atoms in total. The van der Waals surface area contributed by atoms with Crippen molar-refractivity contribution >= 4 is 44.4 Å². The maximum absolute atomic E-state index is 6.53. The van der Waals surface area contributed by atoms with Gasteiger partial charge in [-0.1, -0.05) is 164 Å². The molecular formula is C49H33N3O. The van der Waals surface area contributed by atoms with Gasteiger partial charge in [-0.3, -0.25) is 0 Å². The van der Waals surface area contributed by atoms with Crippen LogP contribution in [0.4, 0.5) is 0 Å².